The Labute approximate surface area is 161 Å². The lowest BCUT2D eigenvalue weighted by molar-refractivity contribution is -0.150. The lowest BCUT2D eigenvalue weighted by Gasteiger charge is -2.57. The summed E-state index contributed by atoms with van der Waals surface area (Å²) in [6.07, 6.45) is 13.1. The Morgan fingerprint density at radius 3 is 2.59 bits per heavy atom. The first kappa shape index (κ1) is 18.7. The van der Waals surface area contributed by atoms with E-state index in [1.165, 1.54) is 6.92 Å². The zero-order valence-electron chi connectivity index (χ0n) is 16.6. The van der Waals surface area contributed by atoms with Crippen LogP contribution < -0.4 is 0 Å². The average Bonchev–Trinajstić information content (AvgIpc) is 2.88. The number of ketones is 1. The molecule has 4 aliphatic carbocycles. The summed E-state index contributed by atoms with van der Waals surface area (Å²) in [7, 11) is 0. The summed E-state index contributed by atoms with van der Waals surface area (Å²) in [6, 6.07) is 0. The third-order valence-electron chi connectivity index (χ3n) is 8.62. The largest absolute Gasteiger partial charge is 0.462 e. The van der Waals surface area contributed by atoms with Gasteiger partial charge in [-0.05, 0) is 61.9 Å². The van der Waals surface area contributed by atoms with E-state index in [1.54, 1.807) is 0 Å². The summed E-state index contributed by atoms with van der Waals surface area (Å²) >= 11 is 0. The number of aliphatic hydroxyl groups is 1. The van der Waals surface area contributed by atoms with Crippen LogP contribution in [0.25, 0.3) is 0 Å². The van der Waals surface area contributed by atoms with E-state index in [-0.39, 0.29) is 40.5 Å². The molecule has 4 rings (SSSR count). The molecular weight excluding hydrogens is 340 g/mol. The molecule has 0 bridgehead atoms. The molecule has 4 nitrogen and oxygen atoms in total. The number of esters is 1. The smallest absolute Gasteiger partial charge is 0.302 e. The maximum absolute atomic E-state index is 13.2. The van der Waals surface area contributed by atoms with Crippen molar-refractivity contribution in [1.82, 2.24) is 0 Å². The van der Waals surface area contributed by atoms with E-state index in [0.717, 1.165) is 37.7 Å². The minimum Gasteiger partial charge on any atom is -0.462 e. The van der Waals surface area contributed by atoms with Gasteiger partial charge in [0.2, 0.25) is 0 Å². The Bertz CT molecular complexity index is 761. The van der Waals surface area contributed by atoms with Crippen LogP contribution in [0.2, 0.25) is 0 Å². The molecular formula is C23H30O4. The van der Waals surface area contributed by atoms with Gasteiger partial charge in [-0.25, -0.2) is 0 Å². The standard InChI is InChI=1S/C23H30O4/c1-5-23(26)11-8-18-20-17(7-10-22(18,23)4)21(3)9-6-16(27-14(2)24)12-15(21)13-19(20)25/h1,13,16-18,20,26H,6-12H2,2-4H3/t16-,17-,18-,20+,21-,22-,23+/m0/s1. The van der Waals surface area contributed by atoms with Crippen molar-refractivity contribution in [2.24, 2.45) is 28.6 Å². The molecule has 0 amide bonds. The number of allylic oxidation sites excluding steroid dienone is 1. The van der Waals surface area contributed by atoms with Crippen LogP contribution >= 0.6 is 0 Å². The topological polar surface area (TPSA) is 63.6 Å². The molecule has 0 heterocycles. The molecule has 0 spiro atoms. The second kappa shape index (κ2) is 5.95. The zero-order chi connectivity index (χ0) is 19.6. The summed E-state index contributed by atoms with van der Waals surface area (Å²) in [5.74, 6) is 2.98. The number of rotatable bonds is 1. The Morgan fingerprint density at radius 2 is 1.93 bits per heavy atom. The van der Waals surface area contributed by atoms with Gasteiger partial charge in [0.25, 0.3) is 0 Å². The zero-order valence-corrected chi connectivity index (χ0v) is 16.6. The van der Waals surface area contributed by atoms with Crippen molar-refractivity contribution in [3.8, 4) is 12.3 Å². The minimum atomic E-state index is -1.10. The molecule has 0 aliphatic heterocycles. The number of carbonyl (C=O) groups is 2. The van der Waals surface area contributed by atoms with Crippen LogP contribution in [0.4, 0.5) is 0 Å². The van der Waals surface area contributed by atoms with E-state index in [1.807, 2.05) is 6.08 Å². The molecule has 4 heteroatoms. The number of hydrogen-bond donors (Lipinski definition) is 1. The van der Waals surface area contributed by atoms with E-state index in [0.29, 0.717) is 18.8 Å². The van der Waals surface area contributed by atoms with Crippen LogP contribution in [0.5, 0.6) is 0 Å². The fraction of sp³-hybridized carbons (Fsp3) is 0.739. The van der Waals surface area contributed by atoms with E-state index >= 15 is 0 Å². The van der Waals surface area contributed by atoms with Crippen molar-refractivity contribution in [3.63, 3.8) is 0 Å². The van der Waals surface area contributed by atoms with Crippen LogP contribution in [0.3, 0.4) is 0 Å². The van der Waals surface area contributed by atoms with Crippen LogP contribution in [0.15, 0.2) is 11.6 Å². The third-order valence-corrected chi connectivity index (χ3v) is 8.62. The third kappa shape index (κ3) is 2.47. The maximum atomic E-state index is 13.2. The van der Waals surface area contributed by atoms with Gasteiger partial charge in [-0.3, -0.25) is 9.59 Å². The molecule has 3 fully saturated rings. The Balaban J connectivity index is 1.68. The second-order valence-corrected chi connectivity index (χ2v) is 9.70. The Kier molecular flexibility index (Phi) is 4.13. The quantitative estimate of drug-likeness (QED) is 0.567. The first-order valence-electron chi connectivity index (χ1n) is 10.3. The van der Waals surface area contributed by atoms with E-state index in [4.69, 9.17) is 11.2 Å². The van der Waals surface area contributed by atoms with Crippen molar-refractivity contribution in [1.29, 1.82) is 0 Å². The van der Waals surface area contributed by atoms with Crippen LogP contribution in [-0.2, 0) is 14.3 Å². The highest BCUT2D eigenvalue weighted by Crippen LogP contribution is 2.66. The number of carbonyl (C=O) groups excluding carboxylic acids is 2. The summed E-state index contributed by atoms with van der Waals surface area (Å²) in [6.45, 7) is 5.82. The highest BCUT2D eigenvalue weighted by Gasteiger charge is 2.65. The molecule has 3 saturated carbocycles. The van der Waals surface area contributed by atoms with Gasteiger partial charge < -0.3 is 9.84 Å². The second-order valence-electron chi connectivity index (χ2n) is 9.70. The fourth-order valence-corrected chi connectivity index (χ4v) is 6.96. The van der Waals surface area contributed by atoms with Gasteiger partial charge in [-0.15, -0.1) is 6.42 Å². The Morgan fingerprint density at radius 1 is 1.22 bits per heavy atom. The van der Waals surface area contributed by atoms with Crippen LogP contribution in [0, 0.1) is 40.9 Å². The monoisotopic (exact) mass is 370 g/mol. The van der Waals surface area contributed by atoms with E-state index in [2.05, 4.69) is 19.8 Å². The molecule has 146 valence electrons. The fourth-order valence-electron chi connectivity index (χ4n) is 6.96. The highest BCUT2D eigenvalue weighted by molar-refractivity contribution is 5.94. The first-order chi connectivity index (χ1) is 12.6. The van der Waals surface area contributed by atoms with Crippen molar-refractivity contribution in [2.75, 3.05) is 0 Å². The summed E-state index contributed by atoms with van der Waals surface area (Å²) in [5, 5.41) is 11.0. The SMILES string of the molecule is C#C[C@@]1(O)CC[C@H]2[C@@H]3C(=O)C=C4C[C@@H](OC(C)=O)CC[C@]4(C)[C@H]3CC[C@@]21C. The molecule has 0 saturated heterocycles. The van der Waals surface area contributed by atoms with Gasteiger partial charge in [-0.2, -0.15) is 0 Å². The lowest BCUT2D eigenvalue weighted by Crippen LogP contribution is -2.56. The van der Waals surface area contributed by atoms with Crippen molar-refractivity contribution in [2.45, 2.75) is 77.4 Å². The molecule has 0 unspecified atom stereocenters. The summed E-state index contributed by atoms with van der Waals surface area (Å²) in [5.41, 5.74) is -0.344. The van der Waals surface area contributed by atoms with Gasteiger partial charge >= 0.3 is 5.97 Å². The lowest BCUT2D eigenvalue weighted by atomic mass is 9.46. The Hall–Kier alpha value is -1.60. The van der Waals surface area contributed by atoms with Crippen LogP contribution in [-0.4, -0.2) is 28.6 Å². The number of hydrogen-bond acceptors (Lipinski definition) is 4. The number of ether oxygens (including phenoxy) is 1. The molecule has 27 heavy (non-hydrogen) atoms. The normalized spacial score (nSPS) is 48.6. The predicted molar refractivity (Wildman–Crippen MR) is 101 cm³/mol. The molecule has 1 N–H and O–H groups in total. The molecule has 0 aromatic heterocycles. The minimum absolute atomic E-state index is 0.0204. The predicted octanol–water partition coefficient (Wildman–Crippen LogP) is 3.42. The molecule has 0 aromatic carbocycles. The van der Waals surface area contributed by atoms with Crippen LogP contribution in [0.1, 0.15) is 65.7 Å². The number of fused-ring (bicyclic) bond motifs is 5. The average molecular weight is 370 g/mol. The highest BCUT2D eigenvalue weighted by atomic mass is 16.5. The molecule has 7 atom stereocenters. The summed E-state index contributed by atoms with van der Waals surface area (Å²) < 4.78 is 5.44. The number of terminal acetylenes is 1. The van der Waals surface area contributed by atoms with Gasteiger partial charge in [-0.1, -0.05) is 25.3 Å². The van der Waals surface area contributed by atoms with Gasteiger partial charge in [0.05, 0.1) is 0 Å². The van der Waals surface area contributed by atoms with Gasteiger partial charge in [0, 0.05) is 24.7 Å². The van der Waals surface area contributed by atoms with Gasteiger partial charge in [0.1, 0.15) is 11.7 Å². The van der Waals surface area contributed by atoms with E-state index < -0.39 is 5.60 Å². The first-order valence-corrected chi connectivity index (χ1v) is 10.3. The van der Waals surface area contributed by atoms with Gasteiger partial charge in [0.15, 0.2) is 5.78 Å². The van der Waals surface area contributed by atoms with Crippen molar-refractivity contribution in [3.05, 3.63) is 11.6 Å². The van der Waals surface area contributed by atoms with Crippen molar-refractivity contribution < 1.29 is 19.4 Å². The molecule has 0 aromatic rings. The van der Waals surface area contributed by atoms with E-state index in [9.17, 15) is 14.7 Å². The maximum Gasteiger partial charge on any atom is 0.302 e. The molecule has 0 radical (unpaired) electrons. The molecule has 4 aliphatic rings. The van der Waals surface area contributed by atoms with Crippen molar-refractivity contribution >= 4 is 11.8 Å². The summed E-state index contributed by atoms with van der Waals surface area (Å²) in [4.78, 5) is 24.6.